The molecule has 3 heteroatoms. The van der Waals surface area contributed by atoms with Crippen LogP contribution in [0.5, 0.6) is 0 Å². The quantitative estimate of drug-likeness (QED) is 0.781. The highest BCUT2D eigenvalue weighted by atomic mass is 15.3. The molecule has 72 valence electrons. The average Bonchev–Trinajstić information content (AvgIpc) is 2.64. The predicted octanol–water partition coefficient (Wildman–Crippen LogP) is 2.02. The predicted molar refractivity (Wildman–Crippen MR) is 57.4 cm³/mol. The lowest BCUT2D eigenvalue weighted by Gasteiger charge is -2.08. The number of nitrogen functional groups attached to an aromatic ring is 1. The number of para-hydroxylation sites is 1. The Morgan fingerprint density at radius 3 is 2.71 bits per heavy atom. The first-order valence-electron chi connectivity index (χ1n) is 4.70. The van der Waals surface area contributed by atoms with Gasteiger partial charge in [0.2, 0.25) is 0 Å². The van der Waals surface area contributed by atoms with Crippen molar-refractivity contribution in [3.05, 3.63) is 42.1 Å². The van der Waals surface area contributed by atoms with Gasteiger partial charge >= 0.3 is 0 Å². The molecule has 0 aliphatic carbocycles. The van der Waals surface area contributed by atoms with Crippen molar-refractivity contribution in [1.29, 1.82) is 0 Å². The molecule has 0 aliphatic rings. The minimum Gasteiger partial charge on any atom is -0.384 e. The number of nitrogens with two attached hydrogens (primary N) is 1. The van der Waals surface area contributed by atoms with Gasteiger partial charge in [-0.2, -0.15) is 5.10 Å². The maximum absolute atomic E-state index is 5.80. The first-order valence-corrected chi connectivity index (χ1v) is 4.70. The normalized spacial score (nSPS) is 10.4. The summed E-state index contributed by atoms with van der Waals surface area (Å²) in [7, 11) is 0. The van der Waals surface area contributed by atoms with Crippen LogP contribution in [0.1, 0.15) is 12.5 Å². The van der Waals surface area contributed by atoms with Crippen LogP contribution in [0.2, 0.25) is 0 Å². The lowest BCUT2D eigenvalue weighted by molar-refractivity contribution is 0.873. The van der Waals surface area contributed by atoms with Crippen LogP contribution in [0.15, 0.2) is 36.5 Å². The Labute approximate surface area is 83.2 Å². The lowest BCUT2D eigenvalue weighted by atomic mass is 10.1. The zero-order valence-corrected chi connectivity index (χ0v) is 8.14. The molecular formula is C11H13N3. The van der Waals surface area contributed by atoms with Crippen molar-refractivity contribution in [3.8, 4) is 5.69 Å². The van der Waals surface area contributed by atoms with Crippen LogP contribution in [0, 0.1) is 0 Å². The molecule has 1 aromatic carbocycles. The molecule has 0 spiro atoms. The van der Waals surface area contributed by atoms with Crippen LogP contribution in [0.3, 0.4) is 0 Å². The van der Waals surface area contributed by atoms with Crippen molar-refractivity contribution in [2.45, 2.75) is 13.3 Å². The molecular weight excluding hydrogens is 174 g/mol. The minimum absolute atomic E-state index is 0.672. The van der Waals surface area contributed by atoms with Gasteiger partial charge in [0.1, 0.15) is 5.82 Å². The number of rotatable bonds is 2. The number of hydrogen-bond acceptors (Lipinski definition) is 2. The molecule has 1 heterocycles. The molecule has 0 unspecified atom stereocenters. The van der Waals surface area contributed by atoms with Gasteiger partial charge in [0.05, 0.1) is 11.9 Å². The van der Waals surface area contributed by atoms with Crippen LogP contribution in [-0.2, 0) is 6.42 Å². The van der Waals surface area contributed by atoms with Crippen LogP contribution >= 0.6 is 0 Å². The molecule has 0 fully saturated rings. The van der Waals surface area contributed by atoms with Crippen LogP contribution in [-0.4, -0.2) is 9.78 Å². The van der Waals surface area contributed by atoms with E-state index in [0.29, 0.717) is 5.82 Å². The molecule has 2 aromatic rings. The number of anilines is 1. The van der Waals surface area contributed by atoms with E-state index in [1.54, 1.807) is 16.9 Å². The Hall–Kier alpha value is -1.77. The summed E-state index contributed by atoms with van der Waals surface area (Å²) >= 11 is 0. The monoisotopic (exact) mass is 187 g/mol. The summed E-state index contributed by atoms with van der Waals surface area (Å²) in [6.45, 7) is 2.12. The maximum atomic E-state index is 5.80. The van der Waals surface area contributed by atoms with Crippen molar-refractivity contribution in [3.63, 3.8) is 0 Å². The van der Waals surface area contributed by atoms with Crippen molar-refractivity contribution < 1.29 is 0 Å². The molecule has 0 saturated heterocycles. The summed E-state index contributed by atoms with van der Waals surface area (Å²) in [6, 6.07) is 9.95. The van der Waals surface area contributed by atoms with Gasteiger partial charge in [-0.05, 0) is 18.1 Å². The summed E-state index contributed by atoms with van der Waals surface area (Å²) in [4.78, 5) is 0. The fourth-order valence-electron chi connectivity index (χ4n) is 1.53. The first-order chi connectivity index (χ1) is 6.83. The van der Waals surface area contributed by atoms with Gasteiger partial charge in [-0.25, -0.2) is 4.68 Å². The molecule has 14 heavy (non-hydrogen) atoms. The molecule has 0 amide bonds. The van der Waals surface area contributed by atoms with Gasteiger partial charge < -0.3 is 5.73 Å². The SMILES string of the molecule is CCc1ccccc1-n1nccc1N. The molecule has 0 aliphatic heterocycles. The van der Waals surface area contributed by atoms with Gasteiger partial charge in [0.25, 0.3) is 0 Å². The van der Waals surface area contributed by atoms with E-state index in [4.69, 9.17) is 5.73 Å². The largest absolute Gasteiger partial charge is 0.384 e. The summed E-state index contributed by atoms with van der Waals surface area (Å²) in [5, 5.41) is 4.19. The van der Waals surface area contributed by atoms with E-state index in [-0.39, 0.29) is 0 Å². The third-order valence-corrected chi connectivity index (χ3v) is 2.27. The standard InChI is InChI=1S/C11H13N3/c1-2-9-5-3-4-6-10(9)14-11(12)7-8-13-14/h3-8H,2,12H2,1H3. The smallest absolute Gasteiger partial charge is 0.127 e. The Kier molecular flexibility index (Phi) is 2.23. The van der Waals surface area contributed by atoms with Gasteiger partial charge in [0.15, 0.2) is 0 Å². The van der Waals surface area contributed by atoms with E-state index in [1.807, 2.05) is 18.2 Å². The number of hydrogen-bond donors (Lipinski definition) is 1. The molecule has 2 N–H and O–H groups in total. The second kappa shape index (κ2) is 3.54. The fraction of sp³-hybridized carbons (Fsp3) is 0.182. The van der Waals surface area contributed by atoms with E-state index in [2.05, 4.69) is 18.1 Å². The molecule has 0 radical (unpaired) electrons. The van der Waals surface area contributed by atoms with E-state index in [0.717, 1.165) is 12.1 Å². The summed E-state index contributed by atoms with van der Waals surface area (Å²) in [5.41, 5.74) is 8.12. The molecule has 3 nitrogen and oxygen atoms in total. The van der Waals surface area contributed by atoms with Crippen LogP contribution in [0.4, 0.5) is 5.82 Å². The molecule has 2 rings (SSSR count). The Bertz CT molecular complexity index is 432. The van der Waals surface area contributed by atoms with Crippen LogP contribution < -0.4 is 5.73 Å². The van der Waals surface area contributed by atoms with Crippen molar-refractivity contribution in [2.24, 2.45) is 0 Å². The second-order valence-corrected chi connectivity index (χ2v) is 3.15. The molecule has 0 saturated carbocycles. The van der Waals surface area contributed by atoms with Gasteiger partial charge in [-0.15, -0.1) is 0 Å². The summed E-state index contributed by atoms with van der Waals surface area (Å²) < 4.78 is 1.76. The van der Waals surface area contributed by atoms with E-state index in [1.165, 1.54) is 5.56 Å². The highest BCUT2D eigenvalue weighted by Gasteiger charge is 2.04. The fourth-order valence-corrected chi connectivity index (χ4v) is 1.53. The van der Waals surface area contributed by atoms with E-state index < -0.39 is 0 Å². The molecule has 0 atom stereocenters. The third kappa shape index (κ3) is 1.37. The Morgan fingerprint density at radius 1 is 1.29 bits per heavy atom. The van der Waals surface area contributed by atoms with Crippen molar-refractivity contribution in [1.82, 2.24) is 9.78 Å². The zero-order valence-electron chi connectivity index (χ0n) is 8.14. The minimum atomic E-state index is 0.672. The number of aromatic nitrogens is 2. The molecule has 0 bridgehead atoms. The highest BCUT2D eigenvalue weighted by Crippen LogP contribution is 2.17. The number of aryl methyl sites for hydroxylation is 1. The molecule has 1 aromatic heterocycles. The topological polar surface area (TPSA) is 43.8 Å². The van der Waals surface area contributed by atoms with Crippen molar-refractivity contribution >= 4 is 5.82 Å². The Balaban J connectivity index is 2.56. The lowest BCUT2D eigenvalue weighted by Crippen LogP contribution is -2.04. The van der Waals surface area contributed by atoms with Gasteiger partial charge in [-0.3, -0.25) is 0 Å². The number of nitrogens with zero attached hydrogens (tertiary/aromatic N) is 2. The summed E-state index contributed by atoms with van der Waals surface area (Å²) in [5.74, 6) is 0.672. The van der Waals surface area contributed by atoms with Gasteiger partial charge in [0, 0.05) is 6.07 Å². The second-order valence-electron chi connectivity index (χ2n) is 3.15. The number of benzene rings is 1. The average molecular weight is 187 g/mol. The zero-order chi connectivity index (χ0) is 9.97. The third-order valence-electron chi connectivity index (χ3n) is 2.27. The Morgan fingerprint density at radius 2 is 2.07 bits per heavy atom. The van der Waals surface area contributed by atoms with Gasteiger partial charge in [-0.1, -0.05) is 25.1 Å². The van der Waals surface area contributed by atoms with E-state index in [9.17, 15) is 0 Å². The van der Waals surface area contributed by atoms with Crippen LogP contribution in [0.25, 0.3) is 5.69 Å². The maximum Gasteiger partial charge on any atom is 0.127 e. The first kappa shape index (κ1) is 8.81. The highest BCUT2D eigenvalue weighted by molar-refractivity contribution is 5.46. The van der Waals surface area contributed by atoms with E-state index >= 15 is 0 Å². The summed E-state index contributed by atoms with van der Waals surface area (Å²) in [6.07, 6.45) is 2.69. The van der Waals surface area contributed by atoms with Crippen molar-refractivity contribution in [2.75, 3.05) is 5.73 Å².